The Morgan fingerprint density at radius 3 is 2.06 bits per heavy atom. The maximum absolute atomic E-state index is 11.1. The van der Waals surface area contributed by atoms with Crippen LogP contribution in [-0.2, 0) is 24.4 Å². The molecule has 0 saturated heterocycles. The van der Waals surface area contributed by atoms with Crippen molar-refractivity contribution in [3.05, 3.63) is 6.92 Å². The van der Waals surface area contributed by atoms with Crippen molar-refractivity contribution in [3.63, 3.8) is 0 Å². The number of alkyl carbamates (subject to hydrolysis) is 1. The van der Waals surface area contributed by atoms with Crippen molar-refractivity contribution in [3.8, 4) is 0 Å². The van der Waals surface area contributed by atoms with Crippen LogP contribution in [0.5, 0.6) is 0 Å². The van der Waals surface area contributed by atoms with Gasteiger partial charge in [-0.25, -0.2) is 9.59 Å². The molecule has 0 aromatic heterocycles. The number of methoxy groups -OCH3 is 1. The molecule has 0 aliphatic carbocycles. The maximum atomic E-state index is 11.1. The van der Waals surface area contributed by atoms with E-state index in [0.717, 1.165) is 0 Å². The number of hydrogen-bond donors (Lipinski definition) is 1. The molecule has 0 saturated carbocycles. The average molecular weight is 521 g/mol. The van der Waals surface area contributed by atoms with Crippen LogP contribution in [0.3, 0.4) is 0 Å². The Kier molecular flexibility index (Phi) is 12.7. The van der Waals surface area contributed by atoms with Crippen LogP contribution >= 0.6 is 39.5 Å². The van der Waals surface area contributed by atoms with Crippen molar-refractivity contribution in [2.24, 2.45) is 0 Å². The second-order valence-electron chi connectivity index (χ2n) is 3.82. The minimum atomic E-state index is -0.949. The predicted molar refractivity (Wildman–Crippen MR) is 78.6 cm³/mol. The first-order chi connectivity index (χ1) is 7.67. The minimum absolute atomic E-state index is 0.0650. The molecular weight excluding hydrogens is 505 g/mol. The molecular formula is C9H16I2NO4Zn. The third kappa shape index (κ3) is 14.8. The van der Waals surface area contributed by atoms with Crippen molar-refractivity contribution in [1.82, 2.24) is 5.32 Å². The van der Waals surface area contributed by atoms with Crippen molar-refractivity contribution in [1.29, 1.82) is 0 Å². The second kappa shape index (κ2) is 10.7. The molecule has 0 aromatic carbocycles. The van der Waals surface area contributed by atoms with Gasteiger partial charge in [-0.1, -0.05) is 0 Å². The van der Waals surface area contributed by atoms with Gasteiger partial charge in [-0.15, -0.1) is 0 Å². The first kappa shape index (κ1) is 20.1. The van der Waals surface area contributed by atoms with E-state index in [-0.39, 0.29) is 10.1 Å². The average Bonchev–Trinajstić information content (AvgIpc) is 2.14. The van der Waals surface area contributed by atoms with E-state index in [1.54, 1.807) is 20.8 Å². The van der Waals surface area contributed by atoms with Gasteiger partial charge >= 0.3 is 61.7 Å². The van der Waals surface area contributed by atoms with Gasteiger partial charge in [-0.2, -0.15) is 0 Å². The van der Waals surface area contributed by atoms with E-state index in [1.165, 1.54) is 7.11 Å². The standard InChI is InChI=1S/C9H16NO4.2HI.Zn/c1-6(7(11)13-5)10-8(12)14-9(2,3)4;;;/h6H,1H2,2-5H3,(H,10,12);2*1H;/q;;;+2/p-2/t6-;;;/m1.../s1. The molecule has 0 spiro atoms. The van der Waals surface area contributed by atoms with Gasteiger partial charge in [0.25, 0.3) is 0 Å². The van der Waals surface area contributed by atoms with Gasteiger partial charge in [-0.05, 0) is 27.7 Å². The Labute approximate surface area is 131 Å². The molecule has 17 heavy (non-hydrogen) atoms. The van der Waals surface area contributed by atoms with E-state index in [9.17, 15) is 9.59 Å². The van der Waals surface area contributed by atoms with E-state index in [0.29, 0.717) is 0 Å². The summed E-state index contributed by atoms with van der Waals surface area (Å²) in [5.41, 5.74) is -0.597. The summed E-state index contributed by atoms with van der Waals surface area (Å²) in [7, 11) is 1.28. The van der Waals surface area contributed by atoms with Gasteiger partial charge in [0.2, 0.25) is 0 Å². The molecule has 1 N–H and O–H groups in total. The van der Waals surface area contributed by atoms with Crippen LogP contribution in [0.15, 0.2) is 0 Å². The molecule has 1 amide bonds. The fourth-order valence-corrected chi connectivity index (χ4v) is 0.651. The molecule has 0 heterocycles. The molecule has 0 aliphatic rings. The molecule has 0 rings (SSSR count). The summed E-state index contributed by atoms with van der Waals surface area (Å²) < 4.78 is 9.28. The summed E-state index contributed by atoms with van der Waals surface area (Å²) in [5.74, 6) is -0.615. The third-order valence-electron chi connectivity index (χ3n) is 1.18. The summed E-state index contributed by atoms with van der Waals surface area (Å²) in [4.78, 5) is 22.0. The summed E-state index contributed by atoms with van der Waals surface area (Å²) in [6, 6.07) is -0.949. The van der Waals surface area contributed by atoms with E-state index in [4.69, 9.17) is 4.74 Å². The Morgan fingerprint density at radius 2 is 1.76 bits per heavy atom. The van der Waals surface area contributed by atoms with Crippen LogP contribution in [0.4, 0.5) is 4.79 Å². The Morgan fingerprint density at radius 1 is 1.35 bits per heavy atom. The number of halogens is 2. The summed E-state index contributed by atoms with van der Waals surface area (Å²) in [6.07, 6.45) is -0.692. The number of rotatable bonds is 2. The van der Waals surface area contributed by atoms with Crippen LogP contribution in [-0.4, -0.2) is 30.8 Å². The van der Waals surface area contributed by atoms with Crippen molar-refractivity contribution in [2.75, 3.05) is 7.11 Å². The van der Waals surface area contributed by atoms with E-state index in [1.807, 2.05) is 0 Å². The van der Waals surface area contributed by atoms with Gasteiger partial charge in [0.1, 0.15) is 11.6 Å². The molecule has 0 unspecified atom stereocenters. The first-order valence-corrected chi connectivity index (χ1v) is 22.8. The number of carbonyl (C=O) groups is 2. The van der Waals surface area contributed by atoms with E-state index in [2.05, 4.69) is 56.5 Å². The zero-order valence-corrected chi connectivity index (χ0v) is 17.7. The number of esters is 1. The fraction of sp³-hybridized carbons (Fsp3) is 0.667. The van der Waals surface area contributed by atoms with Crippen molar-refractivity contribution in [2.45, 2.75) is 32.4 Å². The molecule has 1 atom stereocenters. The van der Waals surface area contributed by atoms with Crippen LogP contribution in [0, 0.1) is 6.92 Å². The summed E-state index contributed by atoms with van der Waals surface area (Å²) in [5, 5.41) is 2.24. The summed E-state index contributed by atoms with van der Waals surface area (Å²) >= 11 is 4.93. The van der Waals surface area contributed by atoms with Gasteiger partial charge < -0.3 is 14.8 Å². The zero-order valence-electron chi connectivity index (χ0n) is 10.4. The Bertz CT molecular complexity index is 246. The molecule has 5 nitrogen and oxygen atoms in total. The zero-order chi connectivity index (χ0) is 14.1. The van der Waals surface area contributed by atoms with Crippen LogP contribution in [0.25, 0.3) is 0 Å². The number of carbonyl (C=O) groups excluding carboxylic acids is 2. The van der Waals surface area contributed by atoms with Gasteiger partial charge in [0, 0.05) is 0 Å². The second-order valence-corrected chi connectivity index (χ2v) is 27.3. The molecule has 8 heteroatoms. The fourth-order valence-electron chi connectivity index (χ4n) is 0.651. The van der Waals surface area contributed by atoms with Crippen LogP contribution in [0.2, 0.25) is 0 Å². The van der Waals surface area contributed by atoms with Crippen LogP contribution < -0.4 is 5.32 Å². The number of amides is 1. The normalized spacial score (nSPS) is 11.2. The number of nitrogens with one attached hydrogen (secondary N) is 1. The Hall–Kier alpha value is 0.823. The van der Waals surface area contributed by atoms with Gasteiger partial charge in [0.15, 0.2) is 0 Å². The number of hydrogen-bond acceptors (Lipinski definition) is 4. The quantitative estimate of drug-likeness (QED) is 0.345. The van der Waals surface area contributed by atoms with E-state index < -0.39 is 23.7 Å². The van der Waals surface area contributed by atoms with Crippen molar-refractivity contribution < 1.29 is 29.2 Å². The van der Waals surface area contributed by atoms with Crippen molar-refractivity contribution >= 4 is 51.6 Å². The molecule has 0 aliphatic heterocycles. The van der Waals surface area contributed by atoms with E-state index >= 15 is 0 Å². The molecule has 1 radical (unpaired) electrons. The molecule has 0 bridgehead atoms. The number of ether oxygens (including phenoxy) is 2. The first-order valence-electron chi connectivity index (χ1n) is 4.70. The molecule has 0 fully saturated rings. The van der Waals surface area contributed by atoms with Gasteiger partial charge in [-0.3, -0.25) is 0 Å². The van der Waals surface area contributed by atoms with Crippen LogP contribution in [0.1, 0.15) is 20.8 Å². The summed E-state index contributed by atoms with van der Waals surface area (Å²) in [6.45, 7) is 8.57. The SMILES string of the molecule is [CH2][C@@H](NC(=O)OC(C)(C)C)C(=O)OC.[I][Zn][I]. The molecule has 0 aromatic rings. The van der Waals surface area contributed by atoms with Gasteiger partial charge in [0.05, 0.1) is 7.11 Å². The monoisotopic (exact) mass is 520 g/mol. The third-order valence-corrected chi connectivity index (χ3v) is 1.18. The predicted octanol–water partition coefficient (Wildman–Crippen LogP) is 2.66. The molecule has 97 valence electrons. The Balaban J connectivity index is 0. The topological polar surface area (TPSA) is 64.6 Å².